The molecule has 1 aliphatic heterocycles. The Kier molecular flexibility index (Phi) is 2.60. The summed E-state index contributed by atoms with van der Waals surface area (Å²) >= 11 is 0. The van der Waals surface area contributed by atoms with E-state index in [2.05, 4.69) is 51.2 Å². The highest BCUT2D eigenvalue weighted by Crippen LogP contribution is 2.23. The maximum Gasteiger partial charge on any atom is 0.292 e. The van der Waals surface area contributed by atoms with Gasteiger partial charge in [-0.05, 0) is 6.92 Å². The average Bonchev–Trinajstić information content (AvgIpc) is 2.24. The number of nitrogens with zero attached hydrogens (tertiary/aromatic N) is 2. The summed E-state index contributed by atoms with van der Waals surface area (Å²) in [7, 11) is 2.13. The molecule has 0 spiro atoms. The highest BCUT2D eigenvalue weighted by Gasteiger charge is 2.38. The van der Waals surface area contributed by atoms with Gasteiger partial charge in [0.25, 0.3) is 5.84 Å². The van der Waals surface area contributed by atoms with Crippen LogP contribution in [0.2, 0.25) is 0 Å². The SMILES string of the molecule is CCC1=NC(C)C(C(C)(C)C)=[N+]1C. The van der Waals surface area contributed by atoms with Crippen LogP contribution in [0.3, 0.4) is 0 Å². The van der Waals surface area contributed by atoms with Gasteiger partial charge in [-0.1, -0.05) is 32.7 Å². The summed E-state index contributed by atoms with van der Waals surface area (Å²) in [5.74, 6) is 1.22. The number of hydrogen-bond acceptors (Lipinski definition) is 1. The van der Waals surface area contributed by atoms with Crippen LogP contribution in [0.4, 0.5) is 0 Å². The molecular formula is C11H21N2+. The fourth-order valence-corrected chi connectivity index (χ4v) is 2.25. The van der Waals surface area contributed by atoms with Crippen molar-refractivity contribution in [1.29, 1.82) is 0 Å². The molecule has 1 atom stereocenters. The molecule has 0 aromatic carbocycles. The fourth-order valence-electron chi connectivity index (χ4n) is 2.25. The molecule has 0 bridgehead atoms. The van der Waals surface area contributed by atoms with E-state index in [1.807, 2.05) is 0 Å². The van der Waals surface area contributed by atoms with Crippen LogP contribution < -0.4 is 0 Å². The van der Waals surface area contributed by atoms with E-state index in [-0.39, 0.29) is 5.41 Å². The van der Waals surface area contributed by atoms with Gasteiger partial charge in [-0.15, -0.1) is 0 Å². The topological polar surface area (TPSA) is 15.4 Å². The maximum atomic E-state index is 4.64. The zero-order valence-corrected chi connectivity index (χ0v) is 9.68. The Hall–Kier alpha value is -0.660. The minimum atomic E-state index is 0.231. The van der Waals surface area contributed by atoms with E-state index in [4.69, 9.17) is 0 Å². The van der Waals surface area contributed by atoms with Crippen molar-refractivity contribution in [3.8, 4) is 0 Å². The summed E-state index contributed by atoms with van der Waals surface area (Å²) in [5.41, 5.74) is 1.67. The van der Waals surface area contributed by atoms with Crippen LogP contribution in [0.15, 0.2) is 4.99 Å². The van der Waals surface area contributed by atoms with Crippen molar-refractivity contribution in [2.45, 2.75) is 47.1 Å². The van der Waals surface area contributed by atoms with E-state index >= 15 is 0 Å². The minimum absolute atomic E-state index is 0.231. The molecule has 0 saturated heterocycles. The first-order valence-corrected chi connectivity index (χ1v) is 5.05. The van der Waals surface area contributed by atoms with Gasteiger partial charge in [-0.25, -0.2) is 4.58 Å². The lowest BCUT2D eigenvalue weighted by molar-refractivity contribution is -0.375. The predicted octanol–water partition coefficient (Wildman–Crippen LogP) is 2.33. The second-order valence-corrected chi connectivity index (χ2v) is 4.77. The van der Waals surface area contributed by atoms with Crippen LogP contribution >= 0.6 is 0 Å². The molecule has 74 valence electrons. The van der Waals surface area contributed by atoms with E-state index < -0.39 is 0 Å². The molecule has 0 amide bonds. The minimum Gasteiger partial charge on any atom is -0.234 e. The third kappa shape index (κ3) is 1.82. The van der Waals surface area contributed by atoms with Crippen molar-refractivity contribution in [2.24, 2.45) is 10.4 Å². The molecule has 13 heavy (non-hydrogen) atoms. The van der Waals surface area contributed by atoms with Crippen molar-refractivity contribution in [3.05, 3.63) is 0 Å². The molecule has 0 fully saturated rings. The van der Waals surface area contributed by atoms with Gasteiger partial charge < -0.3 is 0 Å². The average molecular weight is 181 g/mol. The number of hydrogen-bond donors (Lipinski definition) is 0. The van der Waals surface area contributed by atoms with Gasteiger partial charge in [-0.2, -0.15) is 0 Å². The van der Waals surface area contributed by atoms with Gasteiger partial charge in [-0.3, -0.25) is 0 Å². The largest absolute Gasteiger partial charge is 0.292 e. The first kappa shape index (κ1) is 10.4. The monoisotopic (exact) mass is 181 g/mol. The molecular weight excluding hydrogens is 160 g/mol. The summed E-state index contributed by atoms with van der Waals surface area (Å²) in [6.45, 7) is 11.1. The summed E-state index contributed by atoms with van der Waals surface area (Å²) in [6, 6.07) is 0.361. The van der Waals surface area contributed by atoms with Crippen LogP contribution in [0, 0.1) is 5.41 Å². The summed E-state index contributed by atoms with van der Waals surface area (Å²) < 4.78 is 2.27. The molecule has 1 unspecified atom stereocenters. The van der Waals surface area contributed by atoms with Gasteiger partial charge in [0.1, 0.15) is 5.71 Å². The first-order chi connectivity index (χ1) is 5.88. The summed E-state index contributed by atoms with van der Waals surface area (Å²) in [5, 5.41) is 0. The Morgan fingerprint density at radius 1 is 1.38 bits per heavy atom. The molecule has 0 aliphatic carbocycles. The smallest absolute Gasteiger partial charge is 0.234 e. The predicted molar refractivity (Wildman–Crippen MR) is 57.8 cm³/mol. The highest BCUT2D eigenvalue weighted by molar-refractivity contribution is 5.98. The van der Waals surface area contributed by atoms with Gasteiger partial charge in [0.15, 0.2) is 6.04 Å². The zero-order chi connectivity index (χ0) is 10.2. The number of rotatable bonds is 1. The molecule has 0 aromatic rings. The van der Waals surface area contributed by atoms with Gasteiger partial charge in [0.05, 0.1) is 13.5 Å². The molecule has 0 aromatic heterocycles. The number of amidine groups is 1. The first-order valence-electron chi connectivity index (χ1n) is 5.05. The Morgan fingerprint density at radius 2 is 1.92 bits per heavy atom. The van der Waals surface area contributed by atoms with Crippen molar-refractivity contribution >= 4 is 11.5 Å². The lowest BCUT2D eigenvalue weighted by Gasteiger charge is -2.19. The van der Waals surface area contributed by atoms with Crippen molar-refractivity contribution in [3.63, 3.8) is 0 Å². The Morgan fingerprint density at radius 3 is 2.15 bits per heavy atom. The fraction of sp³-hybridized carbons (Fsp3) is 0.818. The van der Waals surface area contributed by atoms with E-state index in [0.29, 0.717) is 6.04 Å². The van der Waals surface area contributed by atoms with Gasteiger partial charge >= 0.3 is 0 Å². The summed E-state index contributed by atoms with van der Waals surface area (Å²) in [4.78, 5) is 4.64. The third-order valence-electron chi connectivity index (χ3n) is 2.57. The Labute approximate surface area is 81.4 Å². The third-order valence-corrected chi connectivity index (χ3v) is 2.57. The molecule has 1 rings (SSSR count). The number of aliphatic imine (C=N–C) groups is 1. The molecule has 0 saturated carbocycles. The zero-order valence-electron chi connectivity index (χ0n) is 9.68. The van der Waals surface area contributed by atoms with Crippen LogP contribution in [0.5, 0.6) is 0 Å². The van der Waals surface area contributed by atoms with Crippen LogP contribution in [-0.4, -0.2) is 29.2 Å². The van der Waals surface area contributed by atoms with Crippen molar-refractivity contribution in [1.82, 2.24) is 0 Å². The molecule has 0 radical (unpaired) electrons. The lowest BCUT2D eigenvalue weighted by atomic mass is 9.86. The van der Waals surface area contributed by atoms with E-state index in [1.54, 1.807) is 0 Å². The van der Waals surface area contributed by atoms with Gasteiger partial charge in [0, 0.05) is 5.41 Å². The normalized spacial score (nSPS) is 23.8. The highest BCUT2D eigenvalue weighted by atomic mass is 15.1. The maximum absolute atomic E-state index is 4.64. The molecule has 2 nitrogen and oxygen atoms in total. The van der Waals surface area contributed by atoms with Crippen molar-refractivity contribution < 1.29 is 4.58 Å². The lowest BCUT2D eigenvalue weighted by Crippen LogP contribution is -2.34. The molecule has 2 heteroatoms. The Balaban J connectivity index is 3.07. The van der Waals surface area contributed by atoms with Crippen molar-refractivity contribution in [2.75, 3.05) is 7.05 Å². The standard InChI is InChI=1S/C11H21N2/c1-7-9-12-8(2)10(13(9)6)11(3,4)5/h8H,7H2,1-6H3/q+1. The second-order valence-electron chi connectivity index (χ2n) is 4.77. The van der Waals surface area contributed by atoms with E-state index in [0.717, 1.165) is 6.42 Å². The molecule has 1 aliphatic rings. The van der Waals surface area contributed by atoms with Gasteiger partial charge in [0.2, 0.25) is 0 Å². The van der Waals surface area contributed by atoms with E-state index in [1.165, 1.54) is 11.5 Å². The van der Waals surface area contributed by atoms with Crippen LogP contribution in [0.25, 0.3) is 0 Å². The quantitative estimate of drug-likeness (QED) is 0.552. The van der Waals surface area contributed by atoms with Crippen LogP contribution in [0.1, 0.15) is 41.0 Å². The molecule has 1 heterocycles. The second kappa shape index (κ2) is 3.24. The summed E-state index contributed by atoms with van der Waals surface area (Å²) in [6.07, 6.45) is 1.03. The van der Waals surface area contributed by atoms with E-state index in [9.17, 15) is 0 Å². The molecule has 0 N–H and O–H groups in total. The Bertz CT molecular complexity index is 266. The van der Waals surface area contributed by atoms with Crippen LogP contribution in [-0.2, 0) is 0 Å².